The summed E-state index contributed by atoms with van der Waals surface area (Å²) < 4.78 is 17.0. The molecule has 2 N–H and O–H groups in total. The normalized spacial score (nSPS) is 19.3. The van der Waals surface area contributed by atoms with Crippen molar-refractivity contribution < 1.29 is 4.39 Å². The lowest BCUT2D eigenvalue weighted by Gasteiger charge is -2.37. The van der Waals surface area contributed by atoms with Gasteiger partial charge in [0.15, 0.2) is 11.5 Å². The summed E-state index contributed by atoms with van der Waals surface area (Å²) in [5, 5.41) is 20.0. The van der Waals surface area contributed by atoms with Crippen LogP contribution in [0.4, 0.5) is 21.6 Å². The Morgan fingerprint density at radius 3 is 2.68 bits per heavy atom. The van der Waals surface area contributed by atoms with Crippen LogP contribution in [-0.2, 0) is 0 Å². The molecule has 5 rings (SSSR count). The zero-order chi connectivity index (χ0) is 21.7. The van der Waals surface area contributed by atoms with Crippen LogP contribution in [0.5, 0.6) is 0 Å². The Hall–Kier alpha value is -3.33. The third kappa shape index (κ3) is 3.65. The van der Waals surface area contributed by atoms with E-state index in [2.05, 4.69) is 49.7 Å². The molecule has 4 heterocycles. The van der Waals surface area contributed by atoms with E-state index < -0.39 is 0 Å². The average Bonchev–Trinajstić information content (AvgIpc) is 3.08. The molecule has 0 bridgehead atoms. The highest BCUT2D eigenvalue weighted by Crippen LogP contribution is 2.31. The summed E-state index contributed by atoms with van der Waals surface area (Å²) in [5.74, 6) is 0.255. The number of aryl methyl sites for hydroxylation is 2. The summed E-state index contributed by atoms with van der Waals surface area (Å²) in [6, 6.07) is 6.04. The van der Waals surface area contributed by atoms with E-state index >= 15 is 4.39 Å². The van der Waals surface area contributed by atoms with Crippen molar-refractivity contribution in [3.8, 4) is 0 Å². The molecule has 8 nitrogen and oxygen atoms in total. The summed E-state index contributed by atoms with van der Waals surface area (Å²) in [4.78, 5) is 6.66. The van der Waals surface area contributed by atoms with Crippen LogP contribution in [-0.4, -0.2) is 50.0 Å². The number of rotatable bonds is 3. The number of hydrogen-bond acceptors (Lipinski definition) is 7. The molecule has 0 aliphatic carbocycles. The van der Waals surface area contributed by atoms with Crippen molar-refractivity contribution in [3.05, 3.63) is 47.7 Å². The third-order valence-electron chi connectivity index (χ3n) is 5.59. The fourth-order valence-corrected chi connectivity index (χ4v) is 4.40. The minimum absolute atomic E-state index is 0.331. The van der Waals surface area contributed by atoms with Gasteiger partial charge in [-0.2, -0.15) is 10.2 Å². The Bertz CT molecular complexity index is 1270. The fraction of sp³-hybridized carbons (Fsp3) is 0.364. The van der Waals surface area contributed by atoms with Gasteiger partial charge in [-0.1, -0.05) is 0 Å². The highest BCUT2D eigenvalue weighted by atomic mass is 19.1. The molecule has 1 aromatic carbocycles. The molecule has 0 saturated carbocycles. The van der Waals surface area contributed by atoms with Crippen molar-refractivity contribution in [2.45, 2.75) is 39.8 Å². The molecule has 160 valence electrons. The molecule has 9 heteroatoms. The second kappa shape index (κ2) is 7.42. The lowest BCUT2D eigenvalue weighted by molar-refractivity contribution is 0.407. The number of hydrogen-bond donors (Lipinski definition) is 2. The lowest BCUT2D eigenvalue weighted by atomic mass is 10.1. The van der Waals surface area contributed by atoms with E-state index in [1.54, 1.807) is 10.6 Å². The Morgan fingerprint density at radius 1 is 1.13 bits per heavy atom. The predicted molar refractivity (Wildman–Crippen MR) is 120 cm³/mol. The van der Waals surface area contributed by atoms with Gasteiger partial charge in [0.1, 0.15) is 11.3 Å². The van der Waals surface area contributed by atoms with Crippen molar-refractivity contribution in [1.29, 1.82) is 0 Å². The molecule has 1 aliphatic rings. The first-order valence-electron chi connectivity index (χ1n) is 10.4. The number of piperazine rings is 1. The Balaban J connectivity index is 1.53. The zero-order valence-electron chi connectivity index (χ0n) is 18.0. The van der Waals surface area contributed by atoms with E-state index in [4.69, 9.17) is 0 Å². The number of nitrogens with one attached hydrogen (secondary N) is 2. The topological polar surface area (TPSA) is 83.3 Å². The molecule has 3 aromatic heterocycles. The minimum atomic E-state index is -0.333. The van der Waals surface area contributed by atoms with Gasteiger partial charge in [-0.25, -0.2) is 13.9 Å². The van der Waals surface area contributed by atoms with E-state index in [0.29, 0.717) is 34.5 Å². The van der Waals surface area contributed by atoms with Gasteiger partial charge in [0.05, 0.1) is 29.2 Å². The highest BCUT2D eigenvalue weighted by molar-refractivity contribution is 5.94. The maximum atomic E-state index is 15.3. The number of anilines is 3. The molecule has 31 heavy (non-hydrogen) atoms. The van der Waals surface area contributed by atoms with Gasteiger partial charge in [0, 0.05) is 30.9 Å². The van der Waals surface area contributed by atoms with Crippen molar-refractivity contribution in [1.82, 2.24) is 30.1 Å². The summed E-state index contributed by atoms with van der Waals surface area (Å²) in [6.45, 7) is 9.79. The van der Waals surface area contributed by atoms with Crippen LogP contribution in [0.25, 0.3) is 16.6 Å². The third-order valence-corrected chi connectivity index (χ3v) is 5.59. The summed E-state index contributed by atoms with van der Waals surface area (Å²) >= 11 is 0. The number of aromatic nitrogens is 5. The predicted octanol–water partition coefficient (Wildman–Crippen LogP) is 3.36. The van der Waals surface area contributed by atoms with Gasteiger partial charge in [-0.3, -0.25) is 0 Å². The number of fused-ring (bicyclic) bond motifs is 2. The van der Waals surface area contributed by atoms with Crippen LogP contribution in [0.1, 0.15) is 25.1 Å². The van der Waals surface area contributed by atoms with Crippen molar-refractivity contribution >= 4 is 33.7 Å². The van der Waals surface area contributed by atoms with Gasteiger partial charge in [-0.05, 0) is 51.5 Å². The smallest absolute Gasteiger partial charge is 0.156 e. The molecule has 1 fully saturated rings. The van der Waals surface area contributed by atoms with E-state index in [1.807, 2.05) is 32.2 Å². The van der Waals surface area contributed by atoms with Gasteiger partial charge in [0.2, 0.25) is 0 Å². The minimum Gasteiger partial charge on any atom is -0.368 e. The van der Waals surface area contributed by atoms with Crippen molar-refractivity contribution in [2.24, 2.45) is 0 Å². The molecule has 0 amide bonds. The summed E-state index contributed by atoms with van der Waals surface area (Å²) in [7, 11) is 0. The largest absolute Gasteiger partial charge is 0.368 e. The molecule has 0 unspecified atom stereocenters. The van der Waals surface area contributed by atoms with E-state index in [-0.39, 0.29) is 5.82 Å². The maximum absolute atomic E-state index is 15.3. The van der Waals surface area contributed by atoms with Crippen LogP contribution < -0.4 is 15.5 Å². The second-order valence-electron chi connectivity index (χ2n) is 8.44. The first-order valence-corrected chi connectivity index (χ1v) is 10.4. The lowest BCUT2D eigenvalue weighted by Crippen LogP contribution is -2.54. The van der Waals surface area contributed by atoms with Crippen LogP contribution in [0.3, 0.4) is 0 Å². The Morgan fingerprint density at radius 2 is 1.90 bits per heavy atom. The number of halogens is 1. The second-order valence-corrected chi connectivity index (χ2v) is 8.44. The summed E-state index contributed by atoms with van der Waals surface area (Å²) in [6.07, 6.45) is 3.39. The van der Waals surface area contributed by atoms with Crippen LogP contribution in [0, 0.1) is 19.7 Å². The fourth-order valence-electron chi connectivity index (χ4n) is 4.40. The molecular weight excluding hydrogens is 395 g/mol. The molecule has 0 spiro atoms. The maximum Gasteiger partial charge on any atom is 0.156 e. The summed E-state index contributed by atoms with van der Waals surface area (Å²) in [5.41, 5.74) is 4.52. The standard InChI is InChI=1S/C22H25FN8/c1-12-5-20(29-31-11-15(4)26-22(12)31)27-19-8-24-28-18-7-16(6-17(23)21(18)19)30-9-13(2)25-14(3)10-30/h5-8,11,13-14,25H,9-10H2,1-4H3,(H,27,28,29)/t13-,14+. The number of imidazole rings is 1. The Labute approximate surface area is 179 Å². The highest BCUT2D eigenvalue weighted by Gasteiger charge is 2.23. The first kappa shape index (κ1) is 19.6. The van der Waals surface area contributed by atoms with Gasteiger partial charge < -0.3 is 15.5 Å². The van der Waals surface area contributed by atoms with Crippen molar-refractivity contribution in [3.63, 3.8) is 0 Å². The molecule has 2 atom stereocenters. The average molecular weight is 420 g/mol. The molecule has 4 aromatic rings. The van der Waals surface area contributed by atoms with Crippen LogP contribution in [0.2, 0.25) is 0 Å². The van der Waals surface area contributed by atoms with E-state index in [0.717, 1.165) is 35.7 Å². The van der Waals surface area contributed by atoms with E-state index in [1.165, 1.54) is 6.20 Å². The quantitative estimate of drug-likeness (QED) is 0.526. The van der Waals surface area contributed by atoms with E-state index in [9.17, 15) is 0 Å². The molecule has 0 radical (unpaired) electrons. The number of benzene rings is 1. The SMILES string of the molecule is Cc1cn2nc(Nc3cnnc4cc(N5C[C@@H](C)N[C@@H](C)C5)cc(F)c34)cc(C)c2n1. The molecule has 1 aliphatic heterocycles. The number of nitrogens with zero attached hydrogens (tertiary/aromatic N) is 6. The monoisotopic (exact) mass is 420 g/mol. The van der Waals surface area contributed by atoms with Gasteiger partial charge in [0.25, 0.3) is 0 Å². The van der Waals surface area contributed by atoms with Crippen LogP contribution in [0.15, 0.2) is 30.6 Å². The van der Waals surface area contributed by atoms with Gasteiger partial charge in [-0.15, -0.1) is 5.10 Å². The Kier molecular flexibility index (Phi) is 4.70. The molecule has 1 saturated heterocycles. The van der Waals surface area contributed by atoms with Crippen LogP contribution >= 0.6 is 0 Å². The van der Waals surface area contributed by atoms with Gasteiger partial charge >= 0.3 is 0 Å². The first-order chi connectivity index (χ1) is 14.9. The van der Waals surface area contributed by atoms with Crippen molar-refractivity contribution in [2.75, 3.05) is 23.3 Å². The zero-order valence-corrected chi connectivity index (χ0v) is 18.0. The molecular formula is C22H25FN8.